The summed E-state index contributed by atoms with van der Waals surface area (Å²) in [5.74, 6) is 0.400. The molecular formula is C18H19NO. The van der Waals surface area contributed by atoms with Crippen molar-refractivity contribution in [2.24, 2.45) is 5.16 Å². The Kier molecular flexibility index (Phi) is 3.31. The molecule has 0 saturated heterocycles. The lowest BCUT2D eigenvalue weighted by molar-refractivity contribution is 0.317. The smallest absolute Gasteiger partial charge is 0.0871 e. The Bertz CT molecular complexity index is 673. The van der Waals surface area contributed by atoms with E-state index >= 15 is 0 Å². The van der Waals surface area contributed by atoms with Crippen LogP contribution in [0.4, 0.5) is 0 Å². The summed E-state index contributed by atoms with van der Waals surface area (Å²) in [5.41, 5.74) is 7.11. The standard InChI is InChI=1S/C18H19NO/c1-12-7-8-16-15(14-6-4-3-5-13(14)2)9-10-18(19-20)17(16)11-12/h3-8,11,15,20H,9-10H2,1-2H3/b19-18+. The molecule has 1 N–H and O–H groups in total. The van der Waals surface area contributed by atoms with Crippen LogP contribution in [0.15, 0.2) is 47.6 Å². The van der Waals surface area contributed by atoms with E-state index in [4.69, 9.17) is 0 Å². The highest BCUT2D eigenvalue weighted by Gasteiger charge is 2.26. The quantitative estimate of drug-likeness (QED) is 0.601. The first-order valence-corrected chi connectivity index (χ1v) is 7.08. The molecule has 0 aliphatic heterocycles. The monoisotopic (exact) mass is 265 g/mol. The number of fused-ring (bicyclic) bond motifs is 1. The highest BCUT2D eigenvalue weighted by molar-refractivity contribution is 6.03. The maximum Gasteiger partial charge on any atom is 0.0871 e. The summed E-state index contributed by atoms with van der Waals surface area (Å²) >= 11 is 0. The Morgan fingerprint density at radius 2 is 1.85 bits per heavy atom. The van der Waals surface area contributed by atoms with E-state index in [2.05, 4.69) is 61.5 Å². The molecule has 0 heterocycles. The zero-order valence-corrected chi connectivity index (χ0v) is 11.9. The third-order valence-electron chi connectivity index (χ3n) is 4.25. The van der Waals surface area contributed by atoms with Gasteiger partial charge in [-0.25, -0.2) is 0 Å². The third-order valence-corrected chi connectivity index (χ3v) is 4.25. The lowest BCUT2D eigenvalue weighted by atomic mass is 9.76. The van der Waals surface area contributed by atoms with Gasteiger partial charge < -0.3 is 5.21 Å². The van der Waals surface area contributed by atoms with Crippen LogP contribution in [0.25, 0.3) is 0 Å². The first-order chi connectivity index (χ1) is 9.70. The molecule has 1 atom stereocenters. The average Bonchev–Trinajstić information content (AvgIpc) is 2.46. The van der Waals surface area contributed by atoms with Crippen LogP contribution in [0.1, 0.15) is 46.6 Å². The van der Waals surface area contributed by atoms with Crippen LogP contribution in [-0.2, 0) is 0 Å². The van der Waals surface area contributed by atoms with Crippen LogP contribution in [0, 0.1) is 13.8 Å². The molecule has 0 amide bonds. The molecule has 0 saturated carbocycles. The van der Waals surface area contributed by atoms with E-state index in [1.165, 1.54) is 22.3 Å². The van der Waals surface area contributed by atoms with Gasteiger partial charge in [-0.05, 0) is 49.4 Å². The number of aryl methyl sites for hydroxylation is 2. The minimum Gasteiger partial charge on any atom is -0.411 e. The van der Waals surface area contributed by atoms with E-state index in [1.54, 1.807) is 0 Å². The van der Waals surface area contributed by atoms with E-state index in [9.17, 15) is 5.21 Å². The van der Waals surface area contributed by atoms with Gasteiger partial charge in [-0.2, -0.15) is 0 Å². The molecule has 0 radical (unpaired) electrons. The van der Waals surface area contributed by atoms with Crippen molar-refractivity contribution in [2.45, 2.75) is 32.6 Å². The van der Waals surface area contributed by atoms with Gasteiger partial charge in [0.25, 0.3) is 0 Å². The van der Waals surface area contributed by atoms with Gasteiger partial charge >= 0.3 is 0 Å². The summed E-state index contributed by atoms with van der Waals surface area (Å²) in [6.45, 7) is 4.24. The van der Waals surface area contributed by atoms with Crippen LogP contribution in [0.5, 0.6) is 0 Å². The van der Waals surface area contributed by atoms with Crippen LogP contribution in [0.3, 0.4) is 0 Å². The number of benzene rings is 2. The fourth-order valence-electron chi connectivity index (χ4n) is 3.20. The van der Waals surface area contributed by atoms with E-state index in [0.29, 0.717) is 5.92 Å². The first kappa shape index (κ1) is 12.9. The molecule has 20 heavy (non-hydrogen) atoms. The highest BCUT2D eigenvalue weighted by atomic mass is 16.4. The van der Waals surface area contributed by atoms with E-state index in [-0.39, 0.29) is 0 Å². The Balaban J connectivity index is 2.15. The van der Waals surface area contributed by atoms with Gasteiger partial charge in [-0.1, -0.05) is 47.1 Å². The van der Waals surface area contributed by atoms with Gasteiger partial charge in [0.05, 0.1) is 5.71 Å². The lowest BCUT2D eigenvalue weighted by Gasteiger charge is -2.28. The van der Waals surface area contributed by atoms with Gasteiger partial charge in [0.1, 0.15) is 0 Å². The molecule has 1 aliphatic carbocycles. The second-order valence-electron chi connectivity index (χ2n) is 5.59. The van der Waals surface area contributed by atoms with Crippen molar-refractivity contribution >= 4 is 5.71 Å². The molecule has 1 aliphatic rings. The number of rotatable bonds is 1. The van der Waals surface area contributed by atoms with Crippen molar-refractivity contribution in [1.82, 2.24) is 0 Å². The molecule has 102 valence electrons. The summed E-state index contributed by atoms with van der Waals surface area (Å²) < 4.78 is 0. The van der Waals surface area contributed by atoms with Gasteiger partial charge in [0.15, 0.2) is 0 Å². The molecular weight excluding hydrogens is 246 g/mol. The number of nitrogens with zero attached hydrogens (tertiary/aromatic N) is 1. The van der Waals surface area contributed by atoms with Crippen LogP contribution < -0.4 is 0 Å². The molecule has 2 heteroatoms. The van der Waals surface area contributed by atoms with Gasteiger partial charge in [-0.3, -0.25) is 0 Å². The van der Waals surface area contributed by atoms with Crippen LogP contribution in [0.2, 0.25) is 0 Å². The largest absolute Gasteiger partial charge is 0.411 e. The van der Waals surface area contributed by atoms with E-state index < -0.39 is 0 Å². The maximum absolute atomic E-state index is 9.23. The molecule has 2 aromatic carbocycles. The number of oxime groups is 1. The summed E-state index contributed by atoms with van der Waals surface area (Å²) in [6, 6.07) is 15.0. The molecule has 1 unspecified atom stereocenters. The summed E-state index contributed by atoms with van der Waals surface area (Å²) in [7, 11) is 0. The average molecular weight is 265 g/mol. The minimum atomic E-state index is 0.400. The van der Waals surface area contributed by atoms with Crippen molar-refractivity contribution in [2.75, 3.05) is 0 Å². The predicted molar refractivity (Wildman–Crippen MR) is 81.8 cm³/mol. The fraction of sp³-hybridized carbons (Fsp3) is 0.278. The van der Waals surface area contributed by atoms with Gasteiger partial charge in [-0.15, -0.1) is 0 Å². The summed E-state index contributed by atoms with van der Waals surface area (Å²) in [4.78, 5) is 0. The SMILES string of the molecule is Cc1ccc2c(c1)/C(=N/O)CCC2c1ccccc1C. The van der Waals surface area contributed by atoms with Crippen LogP contribution in [-0.4, -0.2) is 10.9 Å². The molecule has 0 spiro atoms. The van der Waals surface area contributed by atoms with Gasteiger partial charge in [0, 0.05) is 11.5 Å². The maximum atomic E-state index is 9.23. The van der Waals surface area contributed by atoms with Crippen molar-refractivity contribution < 1.29 is 5.21 Å². The summed E-state index contributed by atoms with van der Waals surface area (Å²) in [6.07, 6.45) is 1.83. The van der Waals surface area contributed by atoms with E-state index in [0.717, 1.165) is 24.1 Å². The van der Waals surface area contributed by atoms with Gasteiger partial charge in [0.2, 0.25) is 0 Å². The van der Waals surface area contributed by atoms with E-state index in [1.807, 2.05) is 0 Å². The molecule has 0 bridgehead atoms. The fourth-order valence-corrected chi connectivity index (χ4v) is 3.20. The second-order valence-corrected chi connectivity index (χ2v) is 5.59. The Morgan fingerprint density at radius 1 is 1.05 bits per heavy atom. The Morgan fingerprint density at radius 3 is 2.60 bits per heavy atom. The van der Waals surface area contributed by atoms with Crippen LogP contribution >= 0.6 is 0 Å². The zero-order chi connectivity index (χ0) is 14.1. The lowest BCUT2D eigenvalue weighted by Crippen LogP contribution is -2.18. The highest BCUT2D eigenvalue weighted by Crippen LogP contribution is 2.38. The zero-order valence-electron chi connectivity index (χ0n) is 11.9. The van der Waals surface area contributed by atoms with Crippen molar-refractivity contribution in [3.63, 3.8) is 0 Å². The number of hydrogen-bond acceptors (Lipinski definition) is 2. The number of hydrogen-bond donors (Lipinski definition) is 1. The van der Waals surface area contributed by atoms with Crippen molar-refractivity contribution in [3.05, 3.63) is 70.3 Å². The van der Waals surface area contributed by atoms with Crippen molar-refractivity contribution in [3.8, 4) is 0 Å². The normalized spacial score (nSPS) is 19.9. The molecule has 3 rings (SSSR count). The van der Waals surface area contributed by atoms with Crippen molar-refractivity contribution in [1.29, 1.82) is 0 Å². The molecule has 2 aromatic rings. The third kappa shape index (κ3) is 2.11. The Hall–Kier alpha value is -2.09. The molecule has 0 aromatic heterocycles. The Labute approximate surface area is 119 Å². The predicted octanol–water partition coefficient (Wildman–Crippen LogP) is 4.41. The minimum absolute atomic E-state index is 0.400. The topological polar surface area (TPSA) is 32.6 Å². The molecule has 0 fully saturated rings. The second kappa shape index (κ2) is 5.12. The summed E-state index contributed by atoms with van der Waals surface area (Å²) in [5, 5.41) is 12.7. The first-order valence-electron chi connectivity index (χ1n) is 7.08. The molecule has 2 nitrogen and oxygen atoms in total.